The average Bonchev–Trinajstić information content (AvgIpc) is 3.32. The van der Waals surface area contributed by atoms with Crippen LogP contribution in [0.4, 0.5) is 0 Å². The molecule has 1 aliphatic carbocycles. The maximum atomic E-state index is 5.19. The zero-order chi connectivity index (χ0) is 16.2. The SMILES string of the molecule is CN=C(NCCCCC(C)C)NCCN(CCOC)C1CC1. The normalized spacial score (nSPS) is 15.6. The van der Waals surface area contributed by atoms with Gasteiger partial charge in [-0.25, -0.2) is 0 Å². The van der Waals surface area contributed by atoms with E-state index in [9.17, 15) is 0 Å². The van der Waals surface area contributed by atoms with Gasteiger partial charge in [0.15, 0.2) is 5.96 Å². The van der Waals surface area contributed by atoms with Gasteiger partial charge in [0.1, 0.15) is 0 Å². The van der Waals surface area contributed by atoms with Crippen LogP contribution in [0, 0.1) is 5.92 Å². The smallest absolute Gasteiger partial charge is 0.191 e. The fraction of sp³-hybridized carbons (Fsp3) is 0.941. The average molecular weight is 313 g/mol. The third-order valence-corrected chi connectivity index (χ3v) is 4.06. The Kier molecular flexibility index (Phi) is 10.2. The highest BCUT2D eigenvalue weighted by atomic mass is 16.5. The fourth-order valence-corrected chi connectivity index (χ4v) is 2.55. The second kappa shape index (κ2) is 11.7. The lowest BCUT2D eigenvalue weighted by Crippen LogP contribution is -2.43. The van der Waals surface area contributed by atoms with E-state index in [0.717, 1.165) is 50.7 Å². The van der Waals surface area contributed by atoms with Crippen molar-refractivity contribution >= 4 is 5.96 Å². The van der Waals surface area contributed by atoms with Gasteiger partial charge in [-0.1, -0.05) is 26.7 Å². The van der Waals surface area contributed by atoms with Crippen LogP contribution >= 0.6 is 0 Å². The maximum absolute atomic E-state index is 5.19. The zero-order valence-corrected chi connectivity index (χ0v) is 15.0. The molecule has 0 amide bonds. The van der Waals surface area contributed by atoms with Crippen molar-refractivity contribution in [2.45, 2.75) is 52.0 Å². The molecule has 0 spiro atoms. The third kappa shape index (κ3) is 9.26. The van der Waals surface area contributed by atoms with Crippen LogP contribution in [0.1, 0.15) is 46.0 Å². The fourth-order valence-electron chi connectivity index (χ4n) is 2.55. The molecule has 0 aromatic heterocycles. The van der Waals surface area contributed by atoms with Crippen LogP contribution in [0.25, 0.3) is 0 Å². The Labute approximate surface area is 136 Å². The van der Waals surface area contributed by atoms with E-state index in [4.69, 9.17) is 4.74 Å². The van der Waals surface area contributed by atoms with Gasteiger partial charge in [-0.3, -0.25) is 9.89 Å². The summed E-state index contributed by atoms with van der Waals surface area (Å²) in [6.45, 7) is 9.41. The highest BCUT2D eigenvalue weighted by Gasteiger charge is 2.28. The van der Waals surface area contributed by atoms with E-state index >= 15 is 0 Å². The van der Waals surface area contributed by atoms with E-state index in [1.807, 2.05) is 7.05 Å². The lowest BCUT2D eigenvalue weighted by Gasteiger charge is -2.22. The Morgan fingerprint density at radius 2 is 1.91 bits per heavy atom. The van der Waals surface area contributed by atoms with Crippen LogP contribution in [0.3, 0.4) is 0 Å². The van der Waals surface area contributed by atoms with Crippen LogP contribution in [-0.4, -0.2) is 63.8 Å². The van der Waals surface area contributed by atoms with Crippen molar-refractivity contribution < 1.29 is 4.74 Å². The molecule has 0 saturated heterocycles. The molecule has 1 aliphatic rings. The zero-order valence-electron chi connectivity index (χ0n) is 15.0. The summed E-state index contributed by atoms with van der Waals surface area (Å²) in [5.74, 6) is 1.73. The van der Waals surface area contributed by atoms with Gasteiger partial charge in [0.25, 0.3) is 0 Å². The highest BCUT2D eigenvalue weighted by molar-refractivity contribution is 5.79. The molecule has 1 rings (SSSR count). The molecule has 0 atom stereocenters. The Bertz CT molecular complexity index is 303. The summed E-state index contributed by atoms with van der Waals surface area (Å²) in [6, 6.07) is 0.781. The highest BCUT2D eigenvalue weighted by Crippen LogP contribution is 2.25. The number of nitrogens with one attached hydrogen (secondary N) is 2. The first-order chi connectivity index (χ1) is 10.7. The van der Waals surface area contributed by atoms with Crippen molar-refractivity contribution in [3.05, 3.63) is 0 Å². The Hall–Kier alpha value is -0.810. The minimum atomic E-state index is 0.781. The molecule has 1 saturated carbocycles. The van der Waals surface area contributed by atoms with Crippen molar-refractivity contribution in [1.29, 1.82) is 0 Å². The summed E-state index contributed by atoms with van der Waals surface area (Å²) in [7, 11) is 3.61. The first kappa shape index (κ1) is 19.2. The molecule has 130 valence electrons. The summed E-state index contributed by atoms with van der Waals surface area (Å²) in [5, 5.41) is 6.82. The first-order valence-corrected chi connectivity index (χ1v) is 8.84. The van der Waals surface area contributed by atoms with E-state index in [0.29, 0.717) is 0 Å². The van der Waals surface area contributed by atoms with Gasteiger partial charge in [0.2, 0.25) is 0 Å². The molecule has 5 nitrogen and oxygen atoms in total. The van der Waals surface area contributed by atoms with Crippen molar-refractivity contribution in [3.63, 3.8) is 0 Å². The second-order valence-corrected chi connectivity index (χ2v) is 6.58. The van der Waals surface area contributed by atoms with Crippen molar-refractivity contribution in [1.82, 2.24) is 15.5 Å². The number of nitrogens with zero attached hydrogens (tertiary/aromatic N) is 2. The summed E-state index contributed by atoms with van der Waals surface area (Å²) < 4.78 is 5.19. The molecule has 0 radical (unpaired) electrons. The summed E-state index contributed by atoms with van der Waals surface area (Å²) in [5.41, 5.74) is 0. The molecular weight excluding hydrogens is 276 g/mol. The largest absolute Gasteiger partial charge is 0.383 e. The van der Waals surface area contributed by atoms with Crippen LogP contribution < -0.4 is 10.6 Å². The van der Waals surface area contributed by atoms with Gasteiger partial charge in [0, 0.05) is 46.4 Å². The first-order valence-electron chi connectivity index (χ1n) is 8.84. The molecule has 0 bridgehead atoms. The number of guanidine groups is 1. The number of methoxy groups -OCH3 is 1. The molecular formula is C17H36N4O. The van der Waals surface area contributed by atoms with Crippen LogP contribution in [0.5, 0.6) is 0 Å². The Morgan fingerprint density at radius 1 is 1.18 bits per heavy atom. The maximum Gasteiger partial charge on any atom is 0.191 e. The van der Waals surface area contributed by atoms with Gasteiger partial charge in [0.05, 0.1) is 6.61 Å². The minimum Gasteiger partial charge on any atom is -0.383 e. The van der Waals surface area contributed by atoms with E-state index in [1.54, 1.807) is 7.11 Å². The predicted molar refractivity (Wildman–Crippen MR) is 94.5 cm³/mol. The number of aliphatic imine (C=N–C) groups is 1. The minimum absolute atomic E-state index is 0.781. The van der Waals surface area contributed by atoms with E-state index in [2.05, 4.69) is 34.4 Å². The predicted octanol–water partition coefficient (Wildman–Crippen LogP) is 2.09. The lowest BCUT2D eigenvalue weighted by atomic mass is 10.1. The molecule has 5 heteroatoms. The number of unbranched alkanes of at least 4 members (excludes halogenated alkanes) is 1. The topological polar surface area (TPSA) is 48.9 Å². The van der Waals surface area contributed by atoms with Crippen molar-refractivity contribution in [2.75, 3.05) is 46.9 Å². The second-order valence-electron chi connectivity index (χ2n) is 6.58. The summed E-state index contributed by atoms with van der Waals surface area (Å²) in [4.78, 5) is 6.81. The molecule has 2 N–H and O–H groups in total. The van der Waals surface area contributed by atoms with Crippen LogP contribution in [0.15, 0.2) is 4.99 Å². The molecule has 0 unspecified atom stereocenters. The number of hydrogen-bond donors (Lipinski definition) is 2. The summed E-state index contributed by atoms with van der Waals surface area (Å²) in [6.07, 6.45) is 6.48. The van der Waals surface area contributed by atoms with Crippen molar-refractivity contribution in [3.8, 4) is 0 Å². The molecule has 1 fully saturated rings. The van der Waals surface area contributed by atoms with E-state index in [1.165, 1.54) is 32.1 Å². The Morgan fingerprint density at radius 3 is 2.50 bits per heavy atom. The van der Waals surface area contributed by atoms with E-state index < -0.39 is 0 Å². The van der Waals surface area contributed by atoms with Crippen LogP contribution in [0.2, 0.25) is 0 Å². The third-order valence-electron chi connectivity index (χ3n) is 4.06. The van der Waals surface area contributed by atoms with Crippen molar-refractivity contribution in [2.24, 2.45) is 10.9 Å². The van der Waals surface area contributed by atoms with Gasteiger partial charge < -0.3 is 15.4 Å². The lowest BCUT2D eigenvalue weighted by molar-refractivity contribution is 0.144. The van der Waals surface area contributed by atoms with Gasteiger partial charge in [-0.05, 0) is 25.2 Å². The van der Waals surface area contributed by atoms with Gasteiger partial charge in [-0.15, -0.1) is 0 Å². The molecule has 0 aromatic rings. The standard InChI is InChI=1S/C17H36N4O/c1-15(2)7-5-6-10-19-17(18-3)20-11-12-21(13-14-22-4)16-8-9-16/h15-16H,5-14H2,1-4H3,(H2,18,19,20). The summed E-state index contributed by atoms with van der Waals surface area (Å²) >= 11 is 0. The monoisotopic (exact) mass is 312 g/mol. The number of ether oxygens (including phenoxy) is 1. The molecule has 0 heterocycles. The van der Waals surface area contributed by atoms with Crippen LogP contribution in [-0.2, 0) is 4.74 Å². The Balaban J connectivity index is 2.09. The molecule has 22 heavy (non-hydrogen) atoms. The van der Waals surface area contributed by atoms with E-state index in [-0.39, 0.29) is 0 Å². The molecule has 0 aliphatic heterocycles. The number of hydrogen-bond acceptors (Lipinski definition) is 3. The van der Waals surface area contributed by atoms with Gasteiger partial charge in [-0.2, -0.15) is 0 Å². The van der Waals surface area contributed by atoms with Gasteiger partial charge >= 0.3 is 0 Å². The number of rotatable bonds is 12. The molecule has 0 aromatic carbocycles. The quantitative estimate of drug-likeness (QED) is 0.329.